The smallest absolute Gasteiger partial charge is 0.307 e. The number of benzene rings is 1. The number of rotatable bonds is 5. The van der Waals surface area contributed by atoms with Crippen molar-refractivity contribution in [2.24, 2.45) is 5.92 Å². The summed E-state index contributed by atoms with van der Waals surface area (Å²) in [6, 6.07) is 5.32. The Morgan fingerprint density at radius 3 is 2.48 bits per heavy atom. The SMILES string of the molecule is COC(=O)C[C@@H](NC(=O)C1CCCC1)c1ccc(F)cc1. The van der Waals surface area contributed by atoms with Gasteiger partial charge in [-0.3, -0.25) is 9.59 Å². The number of carbonyl (C=O) groups is 2. The van der Waals surface area contributed by atoms with Gasteiger partial charge < -0.3 is 10.1 Å². The first-order valence-corrected chi connectivity index (χ1v) is 7.23. The zero-order chi connectivity index (χ0) is 15.2. The summed E-state index contributed by atoms with van der Waals surface area (Å²) in [4.78, 5) is 23.7. The van der Waals surface area contributed by atoms with Crippen LogP contribution in [-0.4, -0.2) is 19.0 Å². The Morgan fingerprint density at radius 2 is 1.90 bits per heavy atom. The van der Waals surface area contributed by atoms with E-state index in [-0.39, 0.29) is 24.1 Å². The fourth-order valence-corrected chi connectivity index (χ4v) is 2.67. The van der Waals surface area contributed by atoms with Gasteiger partial charge in [0.2, 0.25) is 5.91 Å². The van der Waals surface area contributed by atoms with E-state index >= 15 is 0 Å². The number of carbonyl (C=O) groups excluding carboxylic acids is 2. The zero-order valence-electron chi connectivity index (χ0n) is 12.1. The molecule has 2 rings (SSSR count). The van der Waals surface area contributed by atoms with E-state index in [1.54, 1.807) is 12.1 Å². The topological polar surface area (TPSA) is 55.4 Å². The average Bonchev–Trinajstić information content (AvgIpc) is 3.01. The molecule has 1 aromatic rings. The van der Waals surface area contributed by atoms with Crippen molar-refractivity contribution in [3.8, 4) is 0 Å². The average molecular weight is 293 g/mol. The van der Waals surface area contributed by atoms with Crippen molar-refractivity contribution < 1.29 is 18.7 Å². The van der Waals surface area contributed by atoms with Gasteiger partial charge in [0.15, 0.2) is 0 Å². The quantitative estimate of drug-likeness (QED) is 0.849. The molecule has 0 radical (unpaired) electrons. The van der Waals surface area contributed by atoms with Gasteiger partial charge in [-0.15, -0.1) is 0 Å². The molecule has 0 unspecified atom stereocenters. The number of hydrogen-bond donors (Lipinski definition) is 1. The van der Waals surface area contributed by atoms with E-state index in [1.807, 2.05) is 0 Å². The summed E-state index contributed by atoms with van der Waals surface area (Å²) >= 11 is 0. The van der Waals surface area contributed by atoms with Crippen LogP contribution in [0.15, 0.2) is 24.3 Å². The van der Waals surface area contributed by atoms with Crippen LogP contribution in [0.3, 0.4) is 0 Å². The van der Waals surface area contributed by atoms with Gasteiger partial charge in [0.05, 0.1) is 19.6 Å². The maximum absolute atomic E-state index is 13.0. The van der Waals surface area contributed by atoms with Gasteiger partial charge in [-0.25, -0.2) is 4.39 Å². The molecule has 1 saturated carbocycles. The number of amides is 1. The van der Waals surface area contributed by atoms with E-state index in [4.69, 9.17) is 0 Å². The van der Waals surface area contributed by atoms with Crippen molar-refractivity contribution >= 4 is 11.9 Å². The lowest BCUT2D eigenvalue weighted by atomic mass is 10.0. The van der Waals surface area contributed by atoms with Crippen molar-refractivity contribution in [2.75, 3.05) is 7.11 Å². The third-order valence-corrected chi connectivity index (χ3v) is 3.91. The molecule has 1 fully saturated rings. The third-order valence-electron chi connectivity index (χ3n) is 3.91. The predicted molar refractivity (Wildman–Crippen MR) is 75.9 cm³/mol. The van der Waals surface area contributed by atoms with Gasteiger partial charge in [-0.2, -0.15) is 0 Å². The lowest BCUT2D eigenvalue weighted by Gasteiger charge is -2.20. The Kier molecular flexibility index (Phi) is 5.31. The van der Waals surface area contributed by atoms with Crippen LogP contribution >= 0.6 is 0 Å². The molecule has 1 amide bonds. The summed E-state index contributed by atoms with van der Waals surface area (Å²) in [5, 5.41) is 2.90. The summed E-state index contributed by atoms with van der Waals surface area (Å²) in [7, 11) is 1.31. The first kappa shape index (κ1) is 15.5. The third kappa shape index (κ3) is 4.28. The molecule has 1 aliphatic carbocycles. The zero-order valence-corrected chi connectivity index (χ0v) is 12.1. The molecular weight excluding hydrogens is 273 g/mol. The van der Waals surface area contributed by atoms with Crippen molar-refractivity contribution in [2.45, 2.75) is 38.1 Å². The highest BCUT2D eigenvalue weighted by atomic mass is 19.1. The van der Waals surface area contributed by atoms with E-state index in [2.05, 4.69) is 10.1 Å². The van der Waals surface area contributed by atoms with Gasteiger partial charge in [0.1, 0.15) is 5.82 Å². The van der Waals surface area contributed by atoms with Crippen LogP contribution < -0.4 is 5.32 Å². The molecule has 4 nitrogen and oxygen atoms in total. The molecule has 0 spiro atoms. The molecule has 0 saturated heterocycles. The van der Waals surface area contributed by atoms with Gasteiger partial charge in [0.25, 0.3) is 0 Å². The summed E-state index contributed by atoms with van der Waals surface area (Å²) in [6.07, 6.45) is 3.95. The Balaban J connectivity index is 2.09. The lowest BCUT2D eigenvalue weighted by molar-refractivity contribution is -0.141. The number of ether oxygens (including phenoxy) is 1. The van der Waals surface area contributed by atoms with Gasteiger partial charge in [-0.1, -0.05) is 25.0 Å². The van der Waals surface area contributed by atoms with E-state index in [0.29, 0.717) is 5.56 Å². The molecule has 114 valence electrons. The Bertz CT molecular complexity index is 495. The Labute approximate surface area is 123 Å². The van der Waals surface area contributed by atoms with E-state index in [1.165, 1.54) is 19.2 Å². The summed E-state index contributed by atoms with van der Waals surface area (Å²) in [5.74, 6) is -0.773. The maximum atomic E-state index is 13.0. The minimum Gasteiger partial charge on any atom is -0.469 e. The fourth-order valence-electron chi connectivity index (χ4n) is 2.67. The van der Waals surface area contributed by atoms with Gasteiger partial charge >= 0.3 is 5.97 Å². The molecular formula is C16H20FNO3. The minimum atomic E-state index is -0.480. The number of halogens is 1. The van der Waals surface area contributed by atoms with Crippen LogP contribution in [0.2, 0.25) is 0 Å². The monoisotopic (exact) mass is 293 g/mol. The standard InChI is InChI=1S/C16H20FNO3/c1-21-15(19)10-14(11-6-8-13(17)9-7-11)18-16(20)12-4-2-3-5-12/h6-9,12,14H,2-5,10H2,1H3,(H,18,20)/t14-/m1/s1. The van der Waals surface area contributed by atoms with Crippen LogP contribution in [0.4, 0.5) is 4.39 Å². The van der Waals surface area contributed by atoms with Crippen molar-refractivity contribution in [3.05, 3.63) is 35.6 Å². The molecule has 1 aromatic carbocycles. The normalized spacial score (nSPS) is 16.5. The molecule has 0 aromatic heterocycles. The van der Waals surface area contributed by atoms with Crippen LogP contribution in [-0.2, 0) is 14.3 Å². The number of hydrogen-bond acceptors (Lipinski definition) is 3. The fraction of sp³-hybridized carbons (Fsp3) is 0.500. The lowest BCUT2D eigenvalue weighted by Crippen LogP contribution is -2.34. The number of esters is 1. The predicted octanol–water partition coefficient (Wildman–Crippen LogP) is 2.74. The highest BCUT2D eigenvalue weighted by Gasteiger charge is 2.26. The molecule has 5 heteroatoms. The van der Waals surface area contributed by atoms with E-state index in [0.717, 1.165) is 25.7 Å². The second kappa shape index (κ2) is 7.20. The molecule has 1 N–H and O–H groups in total. The maximum Gasteiger partial charge on any atom is 0.307 e. The molecule has 0 bridgehead atoms. The van der Waals surface area contributed by atoms with Crippen LogP contribution in [0.1, 0.15) is 43.7 Å². The summed E-state index contributed by atoms with van der Waals surface area (Å²) in [6.45, 7) is 0. The van der Waals surface area contributed by atoms with Crippen molar-refractivity contribution in [1.82, 2.24) is 5.32 Å². The van der Waals surface area contributed by atoms with Gasteiger partial charge in [-0.05, 0) is 30.5 Å². The number of methoxy groups -OCH3 is 1. The minimum absolute atomic E-state index is 0.0191. The van der Waals surface area contributed by atoms with E-state index in [9.17, 15) is 14.0 Å². The second-order valence-electron chi connectivity index (χ2n) is 5.37. The summed E-state index contributed by atoms with van der Waals surface area (Å²) in [5.41, 5.74) is 0.702. The molecule has 1 atom stereocenters. The molecule has 1 aliphatic rings. The first-order valence-electron chi connectivity index (χ1n) is 7.23. The van der Waals surface area contributed by atoms with Gasteiger partial charge in [0, 0.05) is 5.92 Å². The van der Waals surface area contributed by atoms with E-state index < -0.39 is 12.0 Å². The Morgan fingerprint density at radius 1 is 1.29 bits per heavy atom. The van der Waals surface area contributed by atoms with Crippen LogP contribution in [0.25, 0.3) is 0 Å². The van der Waals surface area contributed by atoms with Crippen molar-refractivity contribution in [1.29, 1.82) is 0 Å². The molecule has 0 heterocycles. The molecule has 0 aliphatic heterocycles. The first-order chi connectivity index (χ1) is 10.1. The largest absolute Gasteiger partial charge is 0.469 e. The number of nitrogens with one attached hydrogen (secondary N) is 1. The summed E-state index contributed by atoms with van der Waals surface area (Å²) < 4.78 is 17.7. The van der Waals surface area contributed by atoms with Crippen LogP contribution in [0, 0.1) is 11.7 Å². The second-order valence-corrected chi connectivity index (χ2v) is 5.37. The Hall–Kier alpha value is -1.91. The highest BCUT2D eigenvalue weighted by Crippen LogP contribution is 2.26. The highest BCUT2D eigenvalue weighted by molar-refractivity contribution is 5.80. The van der Waals surface area contributed by atoms with Crippen LogP contribution in [0.5, 0.6) is 0 Å². The van der Waals surface area contributed by atoms with Crippen molar-refractivity contribution in [3.63, 3.8) is 0 Å². The molecule has 21 heavy (non-hydrogen) atoms.